The average Bonchev–Trinajstić information content (AvgIpc) is 2.92. The van der Waals surface area contributed by atoms with E-state index in [2.05, 4.69) is 15.3 Å². The van der Waals surface area contributed by atoms with E-state index >= 15 is 0 Å². The Labute approximate surface area is 117 Å². The maximum Gasteiger partial charge on any atom is 0.318 e. The van der Waals surface area contributed by atoms with Crippen LogP contribution in [0.5, 0.6) is 6.01 Å². The van der Waals surface area contributed by atoms with Crippen LogP contribution in [-0.2, 0) is 0 Å². The standard InChI is InChI=1S/C12H19ClN4O2/c1-19-12-15-7-10(13)11(16-12)17(5-6-18)8-9-3-2-4-14-9/h7,9,14,18H,2-6,8H2,1H3. The average molecular weight is 287 g/mol. The van der Waals surface area contributed by atoms with Crippen LogP contribution >= 0.6 is 11.6 Å². The van der Waals surface area contributed by atoms with E-state index in [1.165, 1.54) is 19.7 Å². The van der Waals surface area contributed by atoms with Gasteiger partial charge in [0.05, 0.1) is 19.9 Å². The maximum absolute atomic E-state index is 9.21. The molecule has 1 atom stereocenters. The van der Waals surface area contributed by atoms with E-state index in [0.29, 0.717) is 23.4 Å². The highest BCUT2D eigenvalue weighted by Gasteiger charge is 2.21. The molecule has 1 unspecified atom stereocenters. The molecule has 2 rings (SSSR count). The van der Waals surface area contributed by atoms with Crippen LogP contribution in [0.3, 0.4) is 0 Å². The zero-order chi connectivity index (χ0) is 13.7. The smallest absolute Gasteiger partial charge is 0.318 e. The van der Waals surface area contributed by atoms with Gasteiger partial charge in [0.1, 0.15) is 5.02 Å². The highest BCUT2D eigenvalue weighted by molar-refractivity contribution is 6.32. The topological polar surface area (TPSA) is 70.5 Å². The Balaban J connectivity index is 2.16. The van der Waals surface area contributed by atoms with Crippen molar-refractivity contribution in [2.75, 3.05) is 38.3 Å². The highest BCUT2D eigenvalue weighted by Crippen LogP contribution is 2.25. The summed E-state index contributed by atoms with van der Waals surface area (Å²) in [6.07, 6.45) is 3.83. The molecule has 0 aromatic carbocycles. The zero-order valence-electron chi connectivity index (χ0n) is 11.0. The van der Waals surface area contributed by atoms with Crippen LogP contribution in [0.15, 0.2) is 6.20 Å². The monoisotopic (exact) mass is 286 g/mol. The summed E-state index contributed by atoms with van der Waals surface area (Å²) in [5.74, 6) is 0.608. The summed E-state index contributed by atoms with van der Waals surface area (Å²) in [7, 11) is 1.52. The Kier molecular flexibility index (Phi) is 5.18. The first kappa shape index (κ1) is 14.3. The number of ether oxygens (including phenoxy) is 1. The van der Waals surface area contributed by atoms with Crippen molar-refractivity contribution in [2.24, 2.45) is 0 Å². The van der Waals surface area contributed by atoms with E-state index in [9.17, 15) is 5.11 Å². The molecule has 1 aliphatic rings. The number of nitrogens with one attached hydrogen (secondary N) is 1. The molecular formula is C12H19ClN4O2. The molecule has 0 amide bonds. The van der Waals surface area contributed by atoms with Crippen LogP contribution in [0, 0.1) is 0 Å². The van der Waals surface area contributed by atoms with Crippen molar-refractivity contribution in [3.8, 4) is 6.01 Å². The van der Waals surface area contributed by atoms with Crippen LogP contribution in [0.25, 0.3) is 0 Å². The second-order valence-corrected chi connectivity index (χ2v) is 4.90. The molecule has 0 aliphatic carbocycles. The highest BCUT2D eigenvalue weighted by atomic mass is 35.5. The fraction of sp³-hybridized carbons (Fsp3) is 0.667. The molecule has 0 bridgehead atoms. The number of halogens is 1. The second kappa shape index (κ2) is 6.88. The summed E-state index contributed by atoms with van der Waals surface area (Å²) in [4.78, 5) is 10.2. The Bertz CT molecular complexity index is 413. The van der Waals surface area contributed by atoms with Crippen molar-refractivity contribution in [1.82, 2.24) is 15.3 Å². The first-order valence-electron chi connectivity index (χ1n) is 6.40. The van der Waals surface area contributed by atoms with Crippen LogP contribution in [-0.4, -0.2) is 54.5 Å². The normalized spacial score (nSPS) is 18.6. The summed E-state index contributed by atoms with van der Waals surface area (Å²) in [5.41, 5.74) is 0. The molecular weight excluding hydrogens is 268 g/mol. The van der Waals surface area contributed by atoms with Gasteiger partial charge in [0.2, 0.25) is 0 Å². The predicted molar refractivity (Wildman–Crippen MR) is 73.9 cm³/mol. The lowest BCUT2D eigenvalue weighted by molar-refractivity contribution is 0.299. The van der Waals surface area contributed by atoms with Crippen molar-refractivity contribution in [3.05, 3.63) is 11.2 Å². The third kappa shape index (κ3) is 3.68. The van der Waals surface area contributed by atoms with E-state index < -0.39 is 0 Å². The van der Waals surface area contributed by atoms with Crippen molar-refractivity contribution in [3.63, 3.8) is 0 Å². The number of aliphatic hydroxyl groups excluding tert-OH is 1. The van der Waals surface area contributed by atoms with Crippen molar-refractivity contribution >= 4 is 17.4 Å². The number of hydrogen-bond acceptors (Lipinski definition) is 6. The number of anilines is 1. The van der Waals surface area contributed by atoms with E-state index in [1.54, 1.807) is 0 Å². The first-order chi connectivity index (χ1) is 9.24. The third-order valence-corrected chi connectivity index (χ3v) is 3.43. The molecule has 2 heterocycles. The second-order valence-electron chi connectivity index (χ2n) is 4.49. The quantitative estimate of drug-likeness (QED) is 0.802. The van der Waals surface area contributed by atoms with Crippen molar-refractivity contribution in [2.45, 2.75) is 18.9 Å². The molecule has 7 heteroatoms. The van der Waals surface area contributed by atoms with Gasteiger partial charge in [0.25, 0.3) is 0 Å². The van der Waals surface area contributed by atoms with Gasteiger partial charge in [-0.2, -0.15) is 4.98 Å². The molecule has 1 saturated heterocycles. The largest absolute Gasteiger partial charge is 0.467 e. The molecule has 1 aliphatic heterocycles. The molecule has 0 radical (unpaired) electrons. The van der Waals surface area contributed by atoms with E-state index in [1.807, 2.05) is 4.90 Å². The van der Waals surface area contributed by atoms with E-state index in [0.717, 1.165) is 19.5 Å². The van der Waals surface area contributed by atoms with Crippen molar-refractivity contribution < 1.29 is 9.84 Å². The van der Waals surface area contributed by atoms with Gasteiger partial charge in [-0.3, -0.25) is 0 Å². The molecule has 0 spiro atoms. The third-order valence-electron chi connectivity index (χ3n) is 3.16. The Hall–Kier alpha value is -1.11. The van der Waals surface area contributed by atoms with Gasteiger partial charge in [0.15, 0.2) is 5.82 Å². The van der Waals surface area contributed by atoms with Gasteiger partial charge in [0, 0.05) is 19.1 Å². The number of rotatable bonds is 6. The summed E-state index contributed by atoms with van der Waals surface area (Å²) in [5, 5.41) is 13.1. The number of nitrogens with zero attached hydrogens (tertiary/aromatic N) is 3. The number of methoxy groups -OCH3 is 1. The fourth-order valence-corrected chi connectivity index (χ4v) is 2.46. The Morgan fingerprint density at radius 1 is 1.63 bits per heavy atom. The summed E-state index contributed by atoms with van der Waals surface area (Å²) in [6, 6.07) is 0.685. The Morgan fingerprint density at radius 2 is 2.47 bits per heavy atom. The number of aromatic nitrogens is 2. The lowest BCUT2D eigenvalue weighted by Gasteiger charge is -2.26. The van der Waals surface area contributed by atoms with Crippen LogP contribution < -0.4 is 15.0 Å². The predicted octanol–water partition coefficient (Wildman–Crippen LogP) is 0.689. The Morgan fingerprint density at radius 3 is 3.11 bits per heavy atom. The van der Waals surface area contributed by atoms with Crippen LogP contribution in [0.4, 0.5) is 5.82 Å². The van der Waals surface area contributed by atoms with Gasteiger partial charge in [-0.15, -0.1) is 0 Å². The lowest BCUT2D eigenvalue weighted by atomic mass is 10.2. The zero-order valence-corrected chi connectivity index (χ0v) is 11.7. The number of hydrogen-bond donors (Lipinski definition) is 2. The summed E-state index contributed by atoms with van der Waals surface area (Å²) < 4.78 is 5.02. The molecule has 1 aromatic heterocycles. The van der Waals surface area contributed by atoms with Gasteiger partial charge in [-0.1, -0.05) is 11.6 Å². The molecule has 1 fully saturated rings. The minimum Gasteiger partial charge on any atom is -0.467 e. The lowest BCUT2D eigenvalue weighted by Crippen LogP contribution is -2.39. The summed E-state index contributed by atoms with van der Waals surface area (Å²) >= 11 is 6.14. The van der Waals surface area contributed by atoms with Gasteiger partial charge in [-0.25, -0.2) is 4.98 Å². The molecule has 6 nitrogen and oxygen atoms in total. The first-order valence-corrected chi connectivity index (χ1v) is 6.78. The summed E-state index contributed by atoms with van der Waals surface area (Å²) in [6.45, 7) is 2.34. The van der Waals surface area contributed by atoms with Gasteiger partial charge in [-0.05, 0) is 19.4 Å². The van der Waals surface area contributed by atoms with Gasteiger partial charge < -0.3 is 20.1 Å². The SMILES string of the molecule is COc1ncc(Cl)c(N(CCO)CC2CCCN2)n1. The van der Waals surface area contributed by atoms with Crippen molar-refractivity contribution in [1.29, 1.82) is 0 Å². The van der Waals surface area contributed by atoms with E-state index in [-0.39, 0.29) is 12.6 Å². The maximum atomic E-state index is 9.21. The minimum absolute atomic E-state index is 0.0510. The van der Waals surface area contributed by atoms with Crippen LogP contribution in [0.1, 0.15) is 12.8 Å². The molecule has 2 N–H and O–H groups in total. The molecule has 19 heavy (non-hydrogen) atoms. The van der Waals surface area contributed by atoms with Gasteiger partial charge >= 0.3 is 6.01 Å². The fourth-order valence-electron chi connectivity index (χ4n) is 2.25. The van der Waals surface area contributed by atoms with E-state index in [4.69, 9.17) is 16.3 Å². The molecule has 1 aromatic rings. The molecule has 106 valence electrons. The molecule has 0 saturated carbocycles. The number of aliphatic hydroxyl groups is 1. The van der Waals surface area contributed by atoms with Crippen LogP contribution in [0.2, 0.25) is 5.02 Å². The minimum atomic E-state index is 0.0510.